The SMILES string of the molecule is OCCOCCN1CCCc2ccccc21. The van der Waals surface area contributed by atoms with Crippen LogP contribution in [0, 0.1) is 0 Å². The Labute approximate surface area is 96.6 Å². The number of fused-ring (bicyclic) bond motifs is 1. The van der Waals surface area contributed by atoms with Crippen LogP contribution in [0.2, 0.25) is 0 Å². The third-order valence-electron chi connectivity index (χ3n) is 2.95. The van der Waals surface area contributed by atoms with Gasteiger partial charge in [0.2, 0.25) is 0 Å². The van der Waals surface area contributed by atoms with Crippen molar-refractivity contribution in [2.45, 2.75) is 12.8 Å². The van der Waals surface area contributed by atoms with Crippen LogP contribution in [0.1, 0.15) is 12.0 Å². The summed E-state index contributed by atoms with van der Waals surface area (Å²) in [5.41, 5.74) is 2.79. The van der Waals surface area contributed by atoms with Crippen LogP contribution in [0.5, 0.6) is 0 Å². The van der Waals surface area contributed by atoms with Crippen molar-refractivity contribution in [3.63, 3.8) is 0 Å². The molecule has 0 atom stereocenters. The standard InChI is InChI=1S/C13H19NO2/c15-9-11-16-10-8-14-7-3-5-12-4-1-2-6-13(12)14/h1-2,4,6,15H,3,5,7-11H2. The van der Waals surface area contributed by atoms with Gasteiger partial charge in [-0.05, 0) is 24.5 Å². The summed E-state index contributed by atoms with van der Waals surface area (Å²) in [6, 6.07) is 8.58. The van der Waals surface area contributed by atoms with E-state index in [0.29, 0.717) is 13.2 Å². The van der Waals surface area contributed by atoms with Gasteiger partial charge in [0.1, 0.15) is 0 Å². The maximum atomic E-state index is 8.62. The van der Waals surface area contributed by atoms with Gasteiger partial charge in [0.25, 0.3) is 0 Å². The van der Waals surface area contributed by atoms with E-state index in [-0.39, 0.29) is 6.61 Å². The molecule has 1 aromatic carbocycles. The number of aryl methyl sites for hydroxylation is 1. The van der Waals surface area contributed by atoms with Crippen molar-refractivity contribution < 1.29 is 9.84 Å². The smallest absolute Gasteiger partial charge is 0.0698 e. The molecule has 0 radical (unpaired) electrons. The second-order valence-corrected chi connectivity index (χ2v) is 4.06. The largest absolute Gasteiger partial charge is 0.394 e. The molecule has 1 aromatic rings. The van der Waals surface area contributed by atoms with Crippen LogP contribution in [0.15, 0.2) is 24.3 Å². The zero-order valence-corrected chi connectivity index (χ0v) is 9.56. The molecule has 0 saturated carbocycles. The predicted molar refractivity (Wildman–Crippen MR) is 64.9 cm³/mol. The number of hydrogen-bond donors (Lipinski definition) is 1. The topological polar surface area (TPSA) is 32.7 Å². The zero-order valence-electron chi connectivity index (χ0n) is 9.56. The van der Waals surface area contributed by atoms with E-state index in [1.807, 2.05) is 0 Å². The summed E-state index contributed by atoms with van der Waals surface area (Å²) in [6.07, 6.45) is 2.40. The van der Waals surface area contributed by atoms with Gasteiger partial charge in [0, 0.05) is 18.8 Å². The van der Waals surface area contributed by atoms with Gasteiger partial charge < -0.3 is 14.7 Å². The Hall–Kier alpha value is -1.06. The second-order valence-electron chi connectivity index (χ2n) is 4.06. The van der Waals surface area contributed by atoms with Crippen molar-refractivity contribution in [1.29, 1.82) is 0 Å². The van der Waals surface area contributed by atoms with Gasteiger partial charge in [-0.1, -0.05) is 18.2 Å². The summed E-state index contributed by atoms with van der Waals surface area (Å²) < 4.78 is 5.31. The van der Waals surface area contributed by atoms with Gasteiger partial charge in [0.05, 0.1) is 19.8 Å². The first kappa shape index (κ1) is 11.4. The number of para-hydroxylation sites is 1. The molecule has 0 saturated heterocycles. The van der Waals surface area contributed by atoms with Gasteiger partial charge in [-0.15, -0.1) is 0 Å². The number of rotatable bonds is 5. The van der Waals surface area contributed by atoms with E-state index in [1.54, 1.807) is 0 Å². The monoisotopic (exact) mass is 221 g/mol. The van der Waals surface area contributed by atoms with Crippen LogP contribution < -0.4 is 4.90 Å². The third-order valence-corrected chi connectivity index (χ3v) is 2.95. The molecular weight excluding hydrogens is 202 g/mol. The Kier molecular flexibility index (Phi) is 4.19. The van der Waals surface area contributed by atoms with Crippen molar-refractivity contribution in [3.8, 4) is 0 Å². The molecule has 1 N–H and O–H groups in total. The van der Waals surface area contributed by atoms with Crippen LogP contribution in [0.3, 0.4) is 0 Å². The molecule has 1 heterocycles. The van der Waals surface area contributed by atoms with Crippen LogP contribution >= 0.6 is 0 Å². The highest BCUT2D eigenvalue weighted by molar-refractivity contribution is 5.55. The van der Waals surface area contributed by atoms with Crippen molar-refractivity contribution in [3.05, 3.63) is 29.8 Å². The first-order chi connectivity index (χ1) is 7.92. The maximum Gasteiger partial charge on any atom is 0.0698 e. The summed E-state index contributed by atoms with van der Waals surface area (Å²) in [6.45, 7) is 3.26. The number of anilines is 1. The minimum absolute atomic E-state index is 0.108. The van der Waals surface area contributed by atoms with Gasteiger partial charge in [-0.25, -0.2) is 0 Å². The van der Waals surface area contributed by atoms with Crippen molar-refractivity contribution in [2.24, 2.45) is 0 Å². The lowest BCUT2D eigenvalue weighted by atomic mass is 10.0. The molecule has 1 aliphatic heterocycles. The van der Waals surface area contributed by atoms with E-state index in [4.69, 9.17) is 9.84 Å². The fraction of sp³-hybridized carbons (Fsp3) is 0.538. The number of ether oxygens (including phenoxy) is 1. The molecule has 16 heavy (non-hydrogen) atoms. The third kappa shape index (κ3) is 2.74. The minimum Gasteiger partial charge on any atom is -0.394 e. The Morgan fingerprint density at radius 1 is 1.25 bits per heavy atom. The molecular formula is C13H19NO2. The van der Waals surface area contributed by atoms with Crippen molar-refractivity contribution in [2.75, 3.05) is 37.8 Å². The molecule has 0 fully saturated rings. The Morgan fingerprint density at radius 2 is 2.12 bits per heavy atom. The summed E-state index contributed by atoms with van der Waals surface area (Å²) in [4.78, 5) is 2.37. The molecule has 3 heteroatoms. The van der Waals surface area contributed by atoms with E-state index < -0.39 is 0 Å². The van der Waals surface area contributed by atoms with E-state index in [1.165, 1.54) is 24.1 Å². The first-order valence-electron chi connectivity index (χ1n) is 5.93. The Morgan fingerprint density at radius 3 is 3.00 bits per heavy atom. The molecule has 0 amide bonds. The minimum atomic E-state index is 0.108. The number of nitrogens with zero attached hydrogens (tertiary/aromatic N) is 1. The van der Waals surface area contributed by atoms with E-state index in [2.05, 4.69) is 29.2 Å². The van der Waals surface area contributed by atoms with E-state index >= 15 is 0 Å². The highest BCUT2D eigenvalue weighted by Crippen LogP contribution is 2.25. The summed E-state index contributed by atoms with van der Waals surface area (Å²) in [7, 11) is 0. The highest BCUT2D eigenvalue weighted by atomic mass is 16.5. The lowest BCUT2D eigenvalue weighted by Gasteiger charge is -2.31. The molecule has 0 aliphatic carbocycles. The lowest BCUT2D eigenvalue weighted by molar-refractivity contribution is 0.0965. The van der Waals surface area contributed by atoms with E-state index in [0.717, 1.165) is 13.1 Å². The van der Waals surface area contributed by atoms with Crippen LogP contribution in [-0.4, -0.2) is 38.0 Å². The molecule has 0 bridgehead atoms. The molecule has 2 rings (SSSR count). The average Bonchev–Trinajstić information content (AvgIpc) is 2.35. The van der Waals surface area contributed by atoms with E-state index in [9.17, 15) is 0 Å². The fourth-order valence-electron chi connectivity index (χ4n) is 2.19. The summed E-state index contributed by atoms with van der Waals surface area (Å²) in [5, 5.41) is 8.62. The van der Waals surface area contributed by atoms with Crippen molar-refractivity contribution in [1.82, 2.24) is 0 Å². The van der Waals surface area contributed by atoms with Gasteiger partial charge in [-0.2, -0.15) is 0 Å². The highest BCUT2D eigenvalue weighted by Gasteiger charge is 2.15. The average molecular weight is 221 g/mol. The lowest BCUT2D eigenvalue weighted by Crippen LogP contribution is -2.32. The van der Waals surface area contributed by atoms with Gasteiger partial charge in [0.15, 0.2) is 0 Å². The predicted octanol–water partition coefficient (Wildman–Crippen LogP) is 1.45. The quantitative estimate of drug-likeness (QED) is 0.764. The molecule has 0 unspecified atom stereocenters. The first-order valence-corrected chi connectivity index (χ1v) is 5.93. The molecule has 0 aromatic heterocycles. The second kappa shape index (κ2) is 5.87. The molecule has 3 nitrogen and oxygen atoms in total. The zero-order chi connectivity index (χ0) is 11.2. The molecule has 0 spiro atoms. The van der Waals surface area contributed by atoms with Gasteiger partial charge >= 0.3 is 0 Å². The summed E-state index contributed by atoms with van der Waals surface area (Å²) in [5.74, 6) is 0. The van der Waals surface area contributed by atoms with Crippen LogP contribution in [0.25, 0.3) is 0 Å². The number of aliphatic hydroxyl groups is 1. The number of hydrogen-bond acceptors (Lipinski definition) is 3. The number of benzene rings is 1. The van der Waals surface area contributed by atoms with Gasteiger partial charge in [-0.3, -0.25) is 0 Å². The molecule has 1 aliphatic rings. The number of aliphatic hydroxyl groups excluding tert-OH is 1. The Bertz CT molecular complexity index is 327. The molecule has 88 valence electrons. The fourth-order valence-corrected chi connectivity index (χ4v) is 2.19. The van der Waals surface area contributed by atoms with Crippen LogP contribution in [0.4, 0.5) is 5.69 Å². The summed E-state index contributed by atoms with van der Waals surface area (Å²) >= 11 is 0. The van der Waals surface area contributed by atoms with Crippen LogP contribution in [-0.2, 0) is 11.2 Å². The van der Waals surface area contributed by atoms with Crippen molar-refractivity contribution >= 4 is 5.69 Å². The normalized spacial score (nSPS) is 14.9. The maximum absolute atomic E-state index is 8.62. The Balaban J connectivity index is 1.91.